The van der Waals surface area contributed by atoms with Gasteiger partial charge in [0.25, 0.3) is 0 Å². The summed E-state index contributed by atoms with van der Waals surface area (Å²) in [4.78, 5) is 9.08. The molecule has 0 aliphatic heterocycles. The fourth-order valence-corrected chi connectivity index (χ4v) is 3.24. The van der Waals surface area contributed by atoms with Crippen LogP contribution >= 0.6 is 0 Å². The van der Waals surface area contributed by atoms with E-state index in [1.165, 1.54) is 6.07 Å². The number of benzene rings is 2. The monoisotopic (exact) mass is 379 g/mol. The number of aromatic nitrogens is 3. The average Bonchev–Trinajstić information content (AvgIpc) is 3.06. The Kier molecular flexibility index (Phi) is 4.52. The van der Waals surface area contributed by atoms with Crippen LogP contribution < -0.4 is 0 Å². The second kappa shape index (κ2) is 7.01. The number of rotatable bonds is 2. The van der Waals surface area contributed by atoms with Crippen LogP contribution in [0.4, 0.5) is 13.2 Å². The minimum atomic E-state index is -4.38. The van der Waals surface area contributed by atoms with Gasteiger partial charge >= 0.3 is 6.18 Å². The van der Waals surface area contributed by atoms with Crippen molar-refractivity contribution in [2.24, 2.45) is 0 Å². The largest absolute Gasteiger partial charge is 0.416 e. The fourth-order valence-electron chi connectivity index (χ4n) is 3.24. The number of hydrogen-bond donors (Lipinski definition) is 0. The summed E-state index contributed by atoms with van der Waals surface area (Å²) in [5, 5.41) is 0.980. The van der Waals surface area contributed by atoms with E-state index in [1.54, 1.807) is 12.3 Å². The normalized spacial score (nSPS) is 11.6. The molecule has 0 N–H and O–H groups in total. The summed E-state index contributed by atoms with van der Waals surface area (Å²) in [7, 11) is 0. The molecule has 0 saturated heterocycles. The van der Waals surface area contributed by atoms with Gasteiger partial charge in [-0.3, -0.25) is 4.98 Å². The minimum Gasteiger partial charge on any atom is -0.316 e. The molecule has 140 valence electrons. The van der Waals surface area contributed by atoms with Crippen LogP contribution in [0.5, 0.6) is 0 Å². The Bertz CT molecular complexity index is 1230. The van der Waals surface area contributed by atoms with Gasteiger partial charge in [-0.15, -0.1) is 0 Å². The summed E-state index contributed by atoms with van der Waals surface area (Å²) in [6.45, 7) is 2.34. The third-order valence-electron chi connectivity index (χ3n) is 4.53. The van der Waals surface area contributed by atoms with Gasteiger partial charge in [0.05, 0.1) is 29.3 Å². The summed E-state index contributed by atoms with van der Waals surface area (Å²) in [6.07, 6.45) is -1.92. The number of alkyl halides is 3. The van der Waals surface area contributed by atoms with E-state index >= 15 is 0 Å². The molecule has 6 heteroatoms. The zero-order valence-electron chi connectivity index (χ0n) is 15.1. The van der Waals surface area contributed by atoms with Gasteiger partial charge in [-0.05, 0) is 24.3 Å². The molecule has 0 amide bonds. The first-order valence-corrected chi connectivity index (χ1v) is 8.86. The Hall–Kier alpha value is -3.33. The number of hydrogen-bond acceptors (Lipinski definition) is 2. The zero-order chi connectivity index (χ0) is 19.7. The van der Waals surface area contributed by atoms with Crippen LogP contribution in [0.25, 0.3) is 21.9 Å². The lowest BCUT2D eigenvalue weighted by molar-refractivity contribution is -0.137. The van der Waals surface area contributed by atoms with Crippen molar-refractivity contribution in [1.29, 1.82) is 0 Å². The van der Waals surface area contributed by atoms with Gasteiger partial charge in [-0.2, -0.15) is 13.2 Å². The molecule has 0 radical (unpaired) electrons. The number of imidazole rings is 1. The summed E-state index contributed by atoms with van der Waals surface area (Å²) in [5.74, 6) is 6.71. The minimum absolute atomic E-state index is 0.337. The Morgan fingerprint density at radius 3 is 2.64 bits per heavy atom. The summed E-state index contributed by atoms with van der Waals surface area (Å²) in [6, 6.07) is 12.9. The SMILES string of the molecule is CCc1nc2cnc3ccccc3c2n1CC#Cc1cccc(C(F)(F)F)c1. The van der Waals surface area contributed by atoms with Crippen LogP contribution in [0, 0.1) is 11.8 Å². The van der Waals surface area contributed by atoms with E-state index in [9.17, 15) is 13.2 Å². The highest BCUT2D eigenvalue weighted by atomic mass is 19.4. The van der Waals surface area contributed by atoms with Crippen molar-refractivity contribution in [3.63, 3.8) is 0 Å². The zero-order valence-corrected chi connectivity index (χ0v) is 15.1. The van der Waals surface area contributed by atoms with E-state index in [4.69, 9.17) is 0 Å². The number of para-hydroxylation sites is 1. The van der Waals surface area contributed by atoms with E-state index in [0.717, 1.165) is 39.9 Å². The molecule has 0 bridgehead atoms. The lowest BCUT2D eigenvalue weighted by Crippen LogP contribution is -2.04. The van der Waals surface area contributed by atoms with E-state index in [0.29, 0.717) is 18.5 Å². The van der Waals surface area contributed by atoms with Gasteiger partial charge in [-0.25, -0.2) is 4.98 Å². The topological polar surface area (TPSA) is 30.7 Å². The first-order chi connectivity index (χ1) is 13.5. The molecule has 2 aromatic heterocycles. The molecule has 4 aromatic rings. The lowest BCUT2D eigenvalue weighted by atomic mass is 10.1. The second-order valence-electron chi connectivity index (χ2n) is 6.36. The number of aryl methyl sites for hydroxylation is 1. The van der Waals surface area contributed by atoms with Crippen molar-refractivity contribution in [3.8, 4) is 11.8 Å². The van der Waals surface area contributed by atoms with E-state index in [1.807, 2.05) is 35.8 Å². The highest BCUT2D eigenvalue weighted by molar-refractivity contribution is 6.02. The Morgan fingerprint density at radius 2 is 1.86 bits per heavy atom. The summed E-state index contributed by atoms with van der Waals surface area (Å²) >= 11 is 0. The van der Waals surface area contributed by atoms with Crippen molar-refractivity contribution in [3.05, 3.63) is 71.7 Å². The molecule has 3 nitrogen and oxygen atoms in total. The number of halogens is 3. The quantitative estimate of drug-likeness (QED) is 0.447. The Labute approximate surface area is 159 Å². The molecule has 0 spiro atoms. The molecule has 0 aliphatic carbocycles. The molecule has 0 atom stereocenters. The van der Waals surface area contributed by atoms with E-state index in [2.05, 4.69) is 21.8 Å². The molecule has 2 aromatic carbocycles. The molecular weight excluding hydrogens is 363 g/mol. The number of nitrogens with zero attached hydrogens (tertiary/aromatic N) is 3. The number of fused-ring (bicyclic) bond motifs is 3. The average molecular weight is 379 g/mol. The molecule has 0 fully saturated rings. The van der Waals surface area contributed by atoms with Crippen molar-refractivity contribution < 1.29 is 13.2 Å². The molecular formula is C22H16F3N3. The van der Waals surface area contributed by atoms with E-state index < -0.39 is 11.7 Å². The third kappa shape index (κ3) is 3.31. The van der Waals surface area contributed by atoms with Crippen LogP contribution in [0.2, 0.25) is 0 Å². The highest BCUT2D eigenvalue weighted by Crippen LogP contribution is 2.29. The van der Waals surface area contributed by atoms with Gasteiger partial charge in [0.2, 0.25) is 0 Å². The lowest BCUT2D eigenvalue weighted by Gasteiger charge is -2.06. The van der Waals surface area contributed by atoms with Crippen LogP contribution in [0.3, 0.4) is 0 Å². The molecule has 2 heterocycles. The predicted molar refractivity (Wildman–Crippen MR) is 103 cm³/mol. The summed E-state index contributed by atoms with van der Waals surface area (Å²) < 4.78 is 40.6. The highest BCUT2D eigenvalue weighted by Gasteiger charge is 2.30. The maximum atomic E-state index is 12.9. The Balaban J connectivity index is 1.75. The molecule has 4 rings (SSSR count). The van der Waals surface area contributed by atoms with E-state index in [-0.39, 0.29) is 0 Å². The van der Waals surface area contributed by atoms with Crippen LogP contribution in [-0.4, -0.2) is 14.5 Å². The maximum Gasteiger partial charge on any atom is 0.416 e. The second-order valence-corrected chi connectivity index (χ2v) is 6.36. The van der Waals surface area contributed by atoms with Gasteiger partial charge in [-0.1, -0.05) is 43.0 Å². The van der Waals surface area contributed by atoms with Crippen LogP contribution in [0.15, 0.2) is 54.7 Å². The number of pyridine rings is 1. The molecule has 28 heavy (non-hydrogen) atoms. The van der Waals surface area contributed by atoms with Crippen molar-refractivity contribution in [2.75, 3.05) is 0 Å². The maximum absolute atomic E-state index is 12.9. The molecule has 0 saturated carbocycles. The Morgan fingerprint density at radius 1 is 1.04 bits per heavy atom. The van der Waals surface area contributed by atoms with Crippen molar-refractivity contribution in [1.82, 2.24) is 14.5 Å². The first kappa shape index (κ1) is 18.1. The van der Waals surface area contributed by atoms with Gasteiger partial charge in [0.1, 0.15) is 11.3 Å². The van der Waals surface area contributed by atoms with Crippen molar-refractivity contribution >= 4 is 21.9 Å². The fraction of sp³-hybridized carbons (Fsp3) is 0.182. The van der Waals surface area contributed by atoms with Crippen LogP contribution in [-0.2, 0) is 19.1 Å². The van der Waals surface area contributed by atoms with Gasteiger partial charge in [0, 0.05) is 17.4 Å². The standard InChI is InChI=1S/C22H16F3N3/c1-2-20-27-19-14-26-18-11-4-3-10-17(18)21(19)28(20)12-6-8-15-7-5-9-16(13-15)22(23,24)25/h3-5,7,9-11,13-14H,2,12H2,1H3. The van der Waals surface area contributed by atoms with Gasteiger partial charge in [0.15, 0.2) is 0 Å². The predicted octanol–water partition coefficient (Wildman–Crippen LogP) is 5.22. The third-order valence-corrected chi connectivity index (χ3v) is 4.53. The smallest absolute Gasteiger partial charge is 0.316 e. The summed E-state index contributed by atoms with van der Waals surface area (Å²) in [5.41, 5.74) is 2.24. The molecule has 0 unspecified atom stereocenters. The first-order valence-electron chi connectivity index (χ1n) is 8.86. The van der Waals surface area contributed by atoms with Gasteiger partial charge < -0.3 is 4.57 Å². The van der Waals surface area contributed by atoms with Crippen LogP contribution in [0.1, 0.15) is 23.9 Å². The molecule has 0 aliphatic rings. The van der Waals surface area contributed by atoms with Crippen molar-refractivity contribution in [2.45, 2.75) is 26.1 Å².